The van der Waals surface area contributed by atoms with Gasteiger partial charge in [-0.2, -0.15) is 0 Å². The highest BCUT2D eigenvalue weighted by Crippen LogP contribution is 2.55. The first-order chi connectivity index (χ1) is 12.8. The molecule has 1 fully saturated rings. The van der Waals surface area contributed by atoms with Gasteiger partial charge >= 0.3 is 0 Å². The maximum Gasteiger partial charge on any atom is 0.0524 e. The molecule has 0 aromatic heterocycles. The number of rotatable bonds is 5. The van der Waals surface area contributed by atoms with E-state index >= 15 is 0 Å². The minimum atomic E-state index is 0.113. The summed E-state index contributed by atoms with van der Waals surface area (Å²) < 4.78 is 2.67. The number of allylic oxidation sites excluding steroid dienone is 1. The second kappa shape index (κ2) is 8.61. The van der Waals surface area contributed by atoms with Crippen molar-refractivity contribution in [3.8, 4) is 0 Å². The van der Waals surface area contributed by atoms with Crippen LogP contribution in [0.15, 0.2) is 61.2 Å². The predicted octanol–water partition coefficient (Wildman–Crippen LogP) is 7.92. The average molecular weight is 420 g/mol. The van der Waals surface area contributed by atoms with Crippen LogP contribution in [0.25, 0.3) is 0 Å². The van der Waals surface area contributed by atoms with Crippen molar-refractivity contribution in [2.45, 2.75) is 56.4 Å². The lowest BCUT2D eigenvalue weighted by Crippen LogP contribution is -2.44. The van der Waals surface area contributed by atoms with Crippen LogP contribution in [0.5, 0.6) is 0 Å². The molecule has 3 rings (SSSR count). The highest BCUT2D eigenvalue weighted by Gasteiger charge is 2.44. The quantitative estimate of drug-likeness (QED) is 0.357. The Morgan fingerprint density at radius 2 is 1.85 bits per heavy atom. The van der Waals surface area contributed by atoms with Gasteiger partial charge in [0.25, 0.3) is 0 Å². The van der Waals surface area contributed by atoms with E-state index in [0.29, 0.717) is 12.0 Å². The van der Waals surface area contributed by atoms with Crippen molar-refractivity contribution in [2.24, 2.45) is 0 Å². The van der Waals surface area contributed by atoms with Gasteiger partial charge in [0.15, 0.2) is 0 Å². The summed E-state index contributed by atoms with van der Waals surface area (Å²) >= 11 is 14.5. The fourth-order valence-corrected chi connectivity index (χ4v) is 5.90. The SMILES string of the molecule is C=CC[C@]1(C)C[C@H](c2cccc(Cl)c2)[C@@H](c2ccc(Cl)cc2)N(C(C)C)S1. The highest BCUT2D eigenvalue weighted by atomic mass is 35.5. The molecule has 27 heavy (non-hydrogen) atoms. The standard InChI is InChI=1S/C23H27Cl2NS/c1-5-13-23(4)15-21(18-7-6-8-20(25)14-18)22(26(27-23)16(2)3)17-9-11-19(24)12-10-17/h5-12,14,16,21-22H,1,13,15H2,2-4H3/t21-,22-,23-/m1/s1. The normalized spacial score (nSPS) is 26.3. The first kappa shape index (κ1) is 20.8. The molecule has 1 heterocycles. The van der Waals surface area contributed by atoms with Gasteiger partial charge in [-0.05, 0) is 69.0 Å². The van der Waals surface area contributed by atoms with Crippen LogP contribution in [0.1, 0.15) is 56.7 Å². The Bertz CT molecular complexity index is 789. The lowest BCUT2D eigenvalue weighted by molar-refractivity contribution is 0.222. The van der Waals surface area contributed by atoms with Crippen molar-refractivity contribution in [3.05, 3.63) is 82.4 Å². The van der Waals surface area contributed by atoms with Crippen LogP contribution in [0.4, 0.5) is 0 Å². The summed E-state index contributed by atoms with van der Waals surface area (Å²) in [5.74, 6) is 0.346. The molecular weight excluding hydrogens is 393 g/mol. The summed E-state index contributed by atoms with van der Waals surface area (Å²) in [4.78, 5) is 0. The molecule has 3 atom stereocenters. The van der Waals surface area contributed by atoms with Crippen LogP contribution in [-0.2, 0) is 0 Å². The van der Waals surface area contributed by atoms with Crippen LogP contribution in [-0.4, -0.2) is 15.1 Å². The van der Waals surface area contributed by atoms with Crippen molar-refractivity contribution in [1.29, 1.82) is 0 Å². The van der Waals surface area contributed by atoms with Crippen molar-refractivity contribution in [3.63, 3.8) is 0 Å². The third kappa shape index (κ3) is 4.74. The van der Waals surface area contributed by atoms with Crippen molar-refractivity contribution in [1.82, 2.24) is 4.31 Å². The Hall–Kier alpha value is -0.930. The third-order valence-corrected chi connectivity index (χ3v) is 7.33. The van der Waals surface area contributed by atoms with E-state index in [1.807, 2.05) is 36.2 Å². The molecule has 4 heteroatoms. The van der Waals surface area contributed by atoms with Gasteiger partial charge in [-0.25, -0.2) is 4.31 Å². The van der Waals surface area contributed by atoms with Gasteiger partial charge < -0.3 is 0 Å². The zero-order chi connectivity index (χ0) is 19.6. The molecule has 1 saturated heterocycles. The van der Waals surface area contributed by atoms with Crippen LogP contribution < -0.4 is 0 Å². The highest BCUT2D eigenvalue weighted by molar-refractivity contribution is 7.98. The average Bonchev–Trinajstić information content (AvgIpc) is 2.62. The molecule has 1 aliphatic heterocycles. The molecule has 2 aromatic carbocycles. The molecule has 0 bridgehead atoms. The molecule has 144 valence electrons. The number of hydrogen-bond acceptors (Lipinski definition) is 2. The molecule has 0 radical (unpaired) electrons. The monoisotopic (exact) mass is 419 g/mol. The summed E-state index contributed by atoms with van der Waals surface area (Å²) in [5, 5.41) is 1.57. The van der Waals surface area contributed by atoms with E-state index in [9.17, 15) is 0 Å². The molecule has 1 aliphatic rings. The number of nitrogens with zero attached hydrogens (tertiary/aromatic N) is 1. The minimum absolute atomic E-state index is 0.113. The third-order valence-electron chi connectivity index (χ3n) is 5.21. The summed E-state index contributed by atoms with van der Waals surface area (Å²) in [5.41, 5.74) is 2.59. The largest absolute Gasteiger partial charge is 0.240 e. The molecule has 0 saturated carbocycles. The van der Waals surface area contributed by atoms with Crippen LogP contribution >= 0.6 is 35.1 Å². The van der Waals surface area contributed by atoms with Gasteiger partial charge in [-0.15, -0.1) is 6.58 Å². The van der Waals surface area contributed by atoms with Crippen LogP contribution in [0.3, 0.4) is 0 Å². The van der Waals surface area contributed by atoms with E-state index in [1.54, 1.807) is 0 Å². The Balaban J connectivity index is 2.11. The molecule has 1 nitrogen and oxygen atoms in total. The smallest absolute Gasteiger partial charge is 0.0524 e. The second-order valence-corrected chi connectivity index (χ2v) is 10.3. The van der Waals surface area contributed by atoms with Crippen LogP contribution in [0, 0.1) is 0 Å². The molecule has 0 aliphatic carbocycles. The predicted molar refractivity (Wildman–Crippen MR) is 121 cm³/mol. The zero-order valence-electron chi connectivity index (χ0n) is 16.2. The van der Waals surface area contributed by atoms with Gasteiger partial charge in [0, 0.05) is 26.8 Å². The van der Waals surface area contributed by atoms with E-state index in [0.717, 1.165) is 22.9 Å². The lowest BCUT2D eigenvalue weighted by Gasteiger charge is -2.50. The number of hydrogen-bond donors (Lipinski definition) is 0. The van der Waals surface area contributed by atoms with Crippen molar-refractivity contribution >= 4 is 35.1 Å². The van der Waals surface area contributed by atoms with E-state index in [2.05, 4.69) is 62.0 Å². The van der Waals surface area contributed by atoms with Crippen LogP contribution in [0.2, 0.25) is 10.0 Å². The van der Waals surface area contributed by atoms with E-state index in [-0.39, 0.29) is 10.8 Å². The first-order valence-electron chi connectivity index (χ1n) is 9.42. The Morgan fingerprint density at radius 1 is 1.15 bits per heavy atom. The minimum Gasteiger partial charge on any atom is -0.240 e. The lowest BCUT2D eigenvalue weighted by atomic mass is 9.79. The van der Waals surface area contributed by atoms with E-state index in [4.69, 9.17) is 23.2 Å². The summed E-state index contributed by atoms with van der Waals surface area (Å²) in [6, 6.07) is 17.3. The Morgan fingerprint density at radius 3 is 2.44 bits per heavy atom. The number of halogens is 2. The fraction of sp³-hybridized carbons (Fsp3) is 0.391. The Labute approximate surface area is 177 Å². The maximum atomic E-state index is 6.36. The van der Waals surface area contributed by atoms with Crippen molar-refractivity contribution < 1.29 is 0 Å². The Kier molecular flexibility index (Phi) is 6.63. The van der Waals surface area contributed by atoms with Crippen molar-refractivity contribution in [2.75, 3.05) is 0 Å². The summed E-state index contributed by atoms with van der Waals surface area (Å²) in [6.07, 6.45) is 4.09. The second-order valence-electron chi connectivity index (χ2n) is 7.85. The molecule has 0 N–H and O–H groups in total. The zero-order valence-corrected chi connectivity index (χ0v) is 18.5. The van der Waals surface area contributed by atoms with Gasteiger partial charge in [0.05, 0.1) is 6.04 Å². The molecular formula is C23H27Cl2NS. The summed E-state index contributed by atoms with van der Waals surface area (Å²) in [7, 11) is 0. The molecule has 0 unspecified atom stereocenters. The molecule has 0 amide bonds. The van der Waals surface area contributed by atoms with E-state index in [1.165, 1.54) is 11.1 Å². The number of benzene rings is 2. The first-order valence-corrected chi connectivity index (χ1v) is 11.0. The van der Waals surface area contributed by atoms with Gasteiger partial charge in [-0.3, -0.25) is 0 Å². The fourth-order valence-electron chi connectivity index (χ4n) is 4.03. The molecule has 0 spiro atoms. The topological polar surface area (TPSA) is 3.24 Å². The van der Waals surface area contributed by atoms with Gasteiger partial charge in [0.2, 0.25) is 0 Å². The molecule has 2 aromatic rings. The van der Waals surface area contributed by atoms with Gasteiger partial charge in [0.1, 0.15) is 0 Å². The van der Waals surface area contributed by atoms with Gasteiger partial charge in [-0.1, -0.05) is 65.5 Å². The van der Waals surface area contributed by atoms with E-state index < -0.39 is 0 Å². The summed E-state index contributed by atoms with van der Waals surface area (Å²) in [6.45, 7) is 10.9. The maximum absolute atomic E-state index is 6.36.